The minimum absolute atomic E-state index is 0. The molecule has 2 atom stereocenters. The second-order valence-electron chi connectivity index (χ2n) is 5.20. The van der Waals surface area contributed by atoms with Gasteiger partial charge in [-0.1, -0.05) is 12.8 Å². The predicted molar refractivity (Wildman–Crippen MR) is 81.2 cm³/mol. The fourth-order valence-corrected chi connectivity index (χ4v) is 2.70. The lowest BCUT2D eigenvalue weighted by atomic mass is 9.84. The van der Waals surface area contributed by atoms with Crippen LogP contribution in [0.1, 0.15) is 36.0 Å². The Kier molecular flexibility index (Phi) is 6.23. The van der Waals surface area contributed by atoms with E-state index in [0.717, 1.165) is 19.3 Å². The number of nitrogens with one attached hydrogen (secondary N) is 1. The van der Waals surface area contributed by atoms with Crippen molar-refractivity contribution in [2.45, 2.75) is 31.7 Å². The summed E-state index contributed by atoms with van der Waals surface area (Å²) >= 11 is 0. The van der Waals surface area contributed by atoms with Crippen molar-refractivity contribution >= 4 is 18.3 Å². The molecule has 1 aliphatic carbocycles. The highest BCUT2D eigenvalue weighted by Crippen LogP contribution is 2.23. The van der Waals surface area contributed by atoms with Crippen LogP contribution in [0, 0.1) is 5.92 Å². The highest BCUT2D eigenvalue weighted by Gasteiger charge is 2.26. The first-order chi connectivity index (χ1) is 9.13. The molecule has 0 saturated heterocycles. The summed E-state index contributed by atoms with van der Waals surface area (Å²) in [5, 5.41) is 2.97. The Morgan fingerprint density at radius 3 is 2.85 bits per heavy atom. The number of nitrogens with zero attached hydrogens (tertiary/aromatic N) is 1. The number of aryl methyl sites for hydroxylation is 1. The first-order valence-electron chi connectivity index (χ1n) is 6.80. The van der Waals surface area contributed by atoms with Gasteiger partial charge in [-0.15, -0.1) is 12.4 Å². The number of rotatable bonds is 3. The van der Waals surface area contributed by atoms with Gasteiger partial charge >= 0.3 is 0 Å². The molecule has 1 amide bonds. The van der Waals surface area contributed by atoms with E-state index in [-0.39, 0.29) is 35.5 Å². The summed E-state index contributed by atoms with van der Waals surface area (Å²) in [4.78, 5) is 24.1. The van der Waals surface area contributed by atoms with E-state index in [2.05, 4.69) is 5.32 Å². The van der Waals surface area contributed by atoms with Crippen LogP contribution in [0.3, 0.4) is 0 Å². The summed E-state index contributed by atoms with van der Waals surface area (Å²) in [7, 11) is 1.64. The average molecular weight is 300 g/mol. The molecular formula is C14H22ClN3O2. The van der Waals surface area contributed by atoms with Gasteiger partial charge in [0.2, 0.25) is 0 Å². The summed E-state index contributed by atoms with van der Waals surface area (Å²) in [6, 6.07) is 3.37. The molecule has 2 unspecified atom stereocenters. The highest BCUT2D eigenvalue weighted by atomic mass is 35.5. The second kappa shape index (κ2) is 7.45. The molecule has 6 heteroatoms. The van der Waals surface area contributed by atoms with Crippen molar-refractivity contribution in [2.75, 3.05) is 6.54 Å². The number of amides is 1. The van der Waals surface area contributed by atoms with Crippen molar-refractivity contribution in [3.8, 4) is 0 Å². The smallest absolute Gasteiger partial charge is 0.263 e. The maximum absolute atomic E-state index is 12.2. The lowest BCUT2D eigenvalue weighted by molar-refractivity contribution is 0.0906. The average Bonchev–Trinajstić information content (AvgIpc) is 2.42. The van der Waals surface area contributed by atoms with E-state index in [1.54, 1.807) is 25.4 Å². The van der Waals surface area contributed by atoms with Crippen LogP contribution in [0.4, 0.5) is 0 Å². The van der Waals surface area contributed by atoms with Crippen molar-refractivity contribution in [2.24, 2.45) is 18.7 Å². The van der Waals surface area contributed by atoms with Crippen molar-refractivity contribution in [1.29, 1.82) is 0 Å². The molecule has 1 saturated carbocycles. The molecule has 1 aliphatic rings. The van der Waals surface area contributed by atoms with E-state index in [9.17, 15) is 9.59 Å². The van der Waals surface area contributed by atoms with Crippen molar-refractivity contribution in [3.05, 3.63) is 34.2 Å². The number of hydrogen-bond donors (Lipinski definition) is 2. The van der Waals surface area contributed by atoms with Gasteiger partial charge in [0.15, 0.2) is 0 Å². The van der Waals surface area contributed by atoms with Gasteiger partial charge in [-0.05, 0) is 37.4 Å². The van der Waals surface area contributed by atoms with Gasteiger partial charge in [0.05, 0.1) is 0 Å². The summed E-state index contributed by atoms with van der Waals surface area (Å²) in [6.07, 6.45) is 5.91. The van der Waals surface area contributed by atoms with E-state index >= 15 is 0 Å². The van der Waals surface area contributed by atoms with Gasteiger partial charge in [-0.2, -0.15) is 0 Å². The van der Waals surface area contributed by atoms with Gasteiger partial charge in [0.25, 0.3) is 11.5 Å². The summed E-state index contributed by atoms with van der Waals surface area (Å²) in [6.45, 7) is 0.581. The monoisotopic (exact) mass is 299 g/mol. The number of hydrogen-bond acceptors (Lipinski definition) is 3. The Balaban J connectivity index is 0.00000200. The highest BCUT2D eigenvalue weighted by molar-refractivity contribution is 5.94. The zero-order valence-electron chi connectivity index (χ0n) is 11.7. The molecule has 0 aromatic carbocycles. The minimum atomic E-state index is -0.286. The quantitative estimate of drug-likeness (QED) is 0.876. The molecule has 0 spiro atoms. The zero-order chi connectivity index (χ0) is 13.8. The topological polar surface area (TPSA) is 77.1 Å². The van der Waals surface area contributed by atoms with Gasteiger partial charge < -0.3 is 15.6 Å². The van der Waals surface area contributed by atoms with Crippen LogP contribution in [0.2, 0.25) is 0 Å². The van der Waals surface area contributed by atoms with Gasteiger partial charge in [0.1, 0.15) is 5.56 Å². The van der Waals surface area contributed by atoms with Crippen LogP contribution < -0.4 is 16.6 Å². The summed E-state index contributed by atoms with van der Waals surface area (Å²) in [5.74, 6) is 0.0387. The Morgan fingerprint density at radius 1 is 1.45 bits per heavy atom. The predicted octanol–water partition coefficient (Wildman–Crippen LogP) is 1.05. The zero-order valence-corrected chi connectivity index (χ0v) is 12.5. The third kappa shape index (κ3) is 3.61. The van der Waals surface area contributed by atoms with E-state index in [1.807, 2.05) is 0 Å². The Hall–Kier alpha value is -1.33. The maximum Gasteiger partial charge on any atom is 0.263 e. The van der Waals surface area contributed by atoms with E-state index in [4.69, 9.17) is 5.73 Å². The molecule has 20 heavy (non-hydrogen) atoms. The number of halogens is 1. The third-order valence-electron chi connectivity index (χ3n) is 3.90. The van der Waals surface area contributed by atoms with Crippen LogP contribution >= 0.6 is 12.4 Å². The molecule has 0 aliphatic heterocycles. The molecule has 5 nitrogen and oxygen atoms in total. The molecule has 1 aromatic heterocycles. The molecule has 3 N–H and O–H groups in total. The largest absolute Gasteiger partial charge is 0.349 e. The molecule has 112 valence electrons. The van der Waals surface area contributed by atoms with E-state index in [0.29, 0.717) is 12.5 Å². The Labute approximate surface area is 125 Å². The van der Waals surface area contributed by atoms with Crippen molar-refractivity contribution in [3.63, 3.8) is 0 Å². The van der Waals surface area contributed by atoms with Crippen LogP contribution in [0.5, 0.6) is 0 Å². The number of carbonyl (C=O) groups excluding carboxylic acids is 1. The number of carbonyl (C=O) groups is 1. The SMILES string of the molecule is Cl.Cn1cccc(C(=O)NC2CCCCC2CN)c1=O. The number of pyridine rings is 1. The standard InChI is InChI=1S/C14H21N3O2.ClH/c1-17-8-4-6-11(14(17)19)13(18)16-12-7-3-2-5-10(12)9-15;/h4,6,8,10,12H,2-3,5,7,9,15H2,1H3,(H,16,18);1H. The molecule has 0 radical (unpaired) electrons. The molecule has 1 aromatic rings. The van der Waals surface area contributed by atoms with Crippen LogP contribution in [0.15, 0.2) is 23.1 Å². The Morgan fingerprint density at radius 2 is 2.15 bits per heavy atom. The molecule has 2 rings (SSSR count). The lowest BCUT2D eigenvalue weighted by Gasteiger charge is -2.31. The van der Waals surface area contributed by atoms with Gasteiger partial charge in [-0.25, -0.2) is 0 Å². The normalized spacial score (nSPS) is 21.9. The minimum Gasteiger partial charge on any atom is -0.349 e. The molecular weight excluding hydrogens is 278 g/mol. The first kappa shape index (κ1) is 16.7. The van der Waals surface area contributed by atoms with Crippen molar-refractivity contribution < 1.29 is 4.79 Å². The van der Waals surface area contributed by atoms with E-state index in [1.165, 1.54) is 11.0 Å². The molecule has 0 bridgehead atoms. The number of aromatic nitrogens is 1. The fourth-order valence-electron chi connectivity index (χ4n) is 2.70. The van der Waals surface area contributed by atoms with E-state index < -0.39 is 0 Å². The summed E-state index contributed by atoms with van der Waals surface area (Å²) < 4.78 is 1.41. The van der Waals surface area contributed by atoms with Crippen LogP contribution in [-0.2, 0) is 7.05 Å². The molecule has 1 heterocycles. The van der Waals surface area contributed by atoms with Gasteiger partial charge in [0, 0.05) is 19.3 Å². The first-order valence-corrected chi connectivity index (χ1v) is 6.80. The second-order valence-corrected chi connectivity index (χ2v) is 5.20. The molecule has 1 fully saturated rings. The van der Waals surface area contributed by atoms with Crippen molar-refractivity contribution in [1.82, 2.24) is 9.88 Å². The maximum atomic E-state index is 12.2. The third-order valence-corrected chi connectivity index (χ3v) is 3.90. The lowest BCUT2D eigenvalue weighted by Crippen LogP contribution is -2.46. The van der Waals surface area contributed by atoms with Crippen LogP contribution in [0.25, 0.3) is 0 Å². The summed E-state index contributed by atoms with van der Waals surface area (Å²) in [5.41, 5.74) is 5.68. The fraction of sp³-hybridized carbons (Fsp3) is 0.571. The van der Waals surface area contributed by atoms with Crippen LogP contribution in [-0.4, -0.2) is 23.1 Å². The van der Waals surface area contributed by atoms with Gasteiger partial charge in [-0.3, -0.25) is 9.59 Å². The number of nitrogens with two attached hydrogens (primary N) is 1. The Bertz CT molecular complexity index is 515.